The fraction of sp³-hybridized carbons (Fsp3) is 0. The number of isocyanates is 3. The van der Waals surface area contributed by atoms with Gasteiger partial charge in [0, 0.05) is 14.7 Å². The summed E-state index contributed by atoms with van der Waals surface area (Å²) in [5, 5.41) is 0. The van der Waals surface area contributed by atoms with Crippen LogP contribution < -0.4 is 0 Å². The molecule has 0 amide bonds. The first-order chi connectivity index (χ1) is 14.1. The molecule has 0 aromatic heterocycles. The zero-order valence-corrected chi connectivity index (χ0v) is 17.0. The Balaban J connectivity index is 2.17. The van der Waals surface area contributed by atoms with Crippen LogP contribution in [0.25, 0.3) is 0 Å². The third-order valence-corrected chi connectivity index (χ3v) is 9.65. The summed E-state index contributed by atoms with van der Waals surface area (Å²) in [7, 11) is 1.17. The van der Waals surface area contributed by atoms with Crippen molar-refractivity contribution in [3.8, 4) is 0 Å². The predicted octanol–water partition coefficient (Wildman–Crippen LogP) is 5.66. The van der Waals surface area contributed by atoms with E-state index in [9.17, 15) is 14.4 Å². The highest BCUT2D eigenvalue weighted by Crippen LogP contribution is 2.74. The van der Waals surface area contributed by atoms with Crippen LogP contribution in [0.3, 0.4) is 0 Å². The van der Waals surface area contributed by atoms with E-state index in [0.29, 0.717) is 17.1 Å². The second-order valence-electron chi connectivity index (χ2n) is 5.75. The van der Waals surface area contributed by atoms with Crippen LogP contribution in [0.1, 0.15) is 0 Å². The minimum atomic E-state index is -1.77. The maximum atomic E-state index is 10.5. The highest BCUT2D eigenvalue weighted by atomic mass is 32.8. The lowest BCUT2D eigenvalue weighted by molar-refractivity contribution is 0.564. The largest absolute Gasteiger partial charge is 0.240 e. The van der Waals surface area contributed by atoms with Crippen LogP contribution in [0.2, 0.25) is 0 Å². The zero-order valence-electron chi connectivity index (χ0n) is 15.0. The fourth-order valence-electron chi connectivity index (χ4n) is 2.77. The van der Waals surface area contributed by atoms with Gasteiger partial charge in [-0.05, 0) is 72.8 Å². The molecule has 3 rings (SSSR count). The minimum absolute atomic E-state index is 0.516. The summed E-state index contributed by atoms with van der Waals surface area (Å²) in [6.07, 6.45) is 4.60. The molecule has 3 aromatic carbocycles. The Morgan fingerprint density at radius 2 is 0.759 bits per heavy atom. The van der Waals surface area contributed by atoms with Crippen LogP contribution in [0.5, 0.6) is 0 Å². The molecule has 0 aliphatic carbocycles. The Kier molecular flexibility index (Phi) is 6.43. The first-order valence-electron chi connectivity index (χ1n) is 8.27. The molecule has 6 nitrogen and oxygen atoms in total. The summed E-state index contributed by atoms with van der Waals surface area (Å²) < 4.78 is 0. The van der Waals surface area contributed by atoms with Crippen molar-refractivity contribution in [1.82, 2.24) is 0 Å². The van der Waals surface area contributed by atoms with Gasteiger partial charge < -0.3 is 0 Å². The van der Waals surface area contributed by atoms with Gasteiger partial charge in [-0.3, -0.25) is 0 Å². The molecule has 0 radical (unpaired) electrons. The molecule has 0 saturated heterocycles. The first-order valence-corrected chi connectivity index (χ1v) is 11.4. The maximum absolute atomic E-state index is 10.5. The molecule has 3 aromatic rings. The molecule has 8 heteroatoms. The van der Waals surface area contributed by atoms with Crippen LogP contribution in [-0.2, 0) is 14.4 Å². The van der Waals surface area contributed by atoms with Gasteiger partial charge >= 0.3 is 0 Å². The van der Waals surface area contributed by atoms with Crippen molar-refractivity contribution < 1.29 is 14.4 Å². The summed E-state index contributed by atoms with van der Waals surface area (Å²) in [5.41, 5.74) is 1.55. The average molecular weight is 419 g/mol. The fourth-order valence-corrected chi connectivity index (χ4v) is 6.70. The third-order valence-electron chi connectivity index (χ3n) is 4.15. The number of hydrogen-bond acceptors (Lipinski definition) is 6. The van der Waals surface area contributed by atoms with Gasteiger partial charge in [-0.2, -0.15) is 15.0 Å². The van der Waals surface area contributed by atoms with Gasteiger partial charge in [0.15, 0.2) is 0 Å². The van der Waals surface area contributed by atoms with E-state index in [1.165, 1.54) is 18.2 Å². The highest BCUT2D eigenvalue weighted by molar-refractivity contribution is 8.68. The van der Waals surface area contributed by atoms with Crippen LogP contribution in [0, 0.1) is 0 Å². The SMILES string of the molecule is O=C=Nc1ccc(S(P)(c2ccc(N=C=O)cc2)c2ccc(N=C=O)cc2)cc1. The lowest BCUT2D eigenvalue weighted by atomic mass is 10.3. The Labute approximate surface area is 170 Å². The van der Waals surface area contributed by atoms with Crippen molar-refractivity contribution >= 4 is 53.4 Å². The van der Waals surface area contributed by atoms with E-state index < -0.39 is 9.65 Å². The summed E-state index contributed by atoms with van der Waals surface area (Å²) in [4.78, 5) is 45.5. The summed E-state index contributed by atoms with van der Waals surface area (Å²) in [6.45, 7) is 0. The van der Waals surface area contributed by atoms with Gasteiger partial charge in [-0.25, -0.2) is 14.4 Å². The van der Waals surface area contributed by atoms with Crippen molar-refractivity contribution in [1.29, 1.82) is 0 Å². The minimum Gasteiger partial charge on any atom is -0.211 e. The van der Waals surface area contributed by atoms with Gasteiger partial charge in [0.25, 0.3) is 0 Å². The number of aliphatic imine (C=N–C) groups is 3. The topological polar surface area (TPSA) is 88.3 Å². The molecule has 0 N–H and O–H groups in total. The van der Waals surface area contributed by atoms with Crippen LogP contribution in [-0.4, -0.2) is 18.2 Å². The molecule has 0 heterocycles. The van der Waals surface area contributed by atoms with Crippen molar-refractivity contribution in [2.24, 2.45) is 15.0 Å². The quantitative estimate of drug-likeness (QED) is 0.293. The third kappa shape index (κ3) is 4.37. The average Bonchev–Trinajstić information content (AvgIpc) is 2.75. The number of nitrogens with zero attached hydrogens (tertiary/aromatic N) is 3. The number of carbonyl (C=O) groups excluding carboxylic acids is 3. The second-order valence-corrected chi connectivity index (χ2v) is 10.6. The number of benzene rings is 3. The monoisotopic (exact) mass is 419 g/mol. The van der Waals surface area contributed by atoms with E-state index in [1.807, 2.05) is 36.4 Å². The second kappa shape index (κ2) is 9.18. The molecular formula is C21H14N3O3PS. The number of hydrogen-bond donors (Lipinski definition) is 0. The smallest absolute Gasteiger partial charge is 0.211 e. The molecule has 0 bridgehead atoms. The summed E-state index contributed by atoms with van der Waals surface area (Å²) in [6, 6.07) is 22.0. The van der Waals surface area contributed by atoms with Crippen molar-refractivity contribution in [3.05, 3.63) is 72.8 Å². The number of rotatable bonds is 6. The van der Waals surface area contributed by atoms with Gasteiger partial charge in [0.1, 0.15) is 0 Å². The molecule has 29 heavy (non-hydrogen) atoms. The van der Waals surface area contributed by atoms with E-state index in [0.717, 1.165) is 14.7 Å². The first kappa shape index (κ1) is 20.3. The Hall–Kier alpha value is -3.42. The molecule has 0 aliphatic rings. The lowest BCUT2D eigenvalue weighted by Crippen LogP contribution is -1.96. The molecule has 142 valence electrons. The summed E-state index contributed by atoms with van der Waals surface area (Å²) >= 11 is 0. The maximum Gasteiger partial charge on any atom is 0.240 e. The zero-order chi connectivity index (χ0) is 20.7. The van der Waals surface area contributed by atoms with E-state index in [-0.39, 0.29) is 0 Å². The molecule has 1 unspecified atom stereocenters. The van der Waals surface area contributed by atoms with Crippen molar-refractivity contribution in [2.45, 2.75) is 14.7 Å². The summed E-state index contributed by atoms with van der Waals surface area (Å²) in [5.74, 6) is 0. The van der Waals surface area contributed by atoms with Crippen molar-refractivity contribution in [2.75, 3.05) is 0 Å². The highest BCUT2D eigenvalue weighted by Gasteiger charge is 2.26. The van der Waals surface area contributed by atoms with E-state index in [2.05, 4.69) is 23.4 Å². The van der Waals surface area contributed by atoms with Gasteiger partial charge in [0.05, 0.1) is 17.1 Å². The van der Waals surface area contributed by atoms with Gasteiger partial charge in [-0.15, -0.1) is 9.65 Å². The molecule has 0 fully saturated rings. The van der Waals surface area contributed by atoms with Crippen LogP contribution in [0.15, 0.2) is 102 Å². The van der Waals surface area contributed by atoms with E-state index >= 15 is 0 Å². The standard InChI is InChI=1S/C21H14N3O3PS/c25-13-22-16-1-7-19(8-2-16)29(28,20-9-3-17(4-10-20)23-14-26)21-11-5-18(6-12-21)24-15-27/h1-12H,28H2. The van der Waals surface area contributed by atoms with Gasteiger partial charge in [0.2, 0.25) is 18.2 Å². The van der Waals surface area contributed by atoms with E-state index in [1.54, 1.807) is 36.4 Å². The van der Waals surface area contributed by atoms with Crippen LogP contribution in [0.4, 0.5) is 17.1 Å². The molecule has 0 aliphatic heterocycles. The van der Waals surface area contributed by atoms with E-state index in [4.69, 9.17) is 0 Å². The molecule has 1 atom stereocenters. The lowest BCUT2D eigenvalue weighted by Gasteiger charge is -2.37. The molecule has 0 saturated carbocycles. The normalized spacial score (nSPS) is 13.0. The van der Waals surface area contributed by atoms with Crippen molar-refractivity contribution in [3.63, 3.8) is 0 Å². The Morgan fingerprint density at radius 3 is 0.966 bits per heavy atom. The predicted molar refractivity (Wildman–Crippen MR) is 115 cm³/mol. The molecular weight excluding hydrogens is 405 g/mol. The Morgan fingerprint density at radius 1 is 0.517 bits per heavy atom. The van der Waals surface area contributed by atoms with Crippen LogP contribution >= 0.6 is 18.1 Å². The van der Waals surface area contributed by atoms with Gasteiger partial charge in [-0.1, -0.05) is 8.44 Å². The Bertz CT molecular complexity index is 1010. The molecule has 0 spiro atoms.